The van der Waals surface area contributed by atoms with Crippen LogP contribution in [0.15, 0.2) is 48.9 Å². The molecule has 9 heteroatoms. The zero-order valence-electron chi connectivity index (χ0n) is 13.5. The third kappa shape index (κ3) is 4.57. The molecule has 0 fully saturated rings. The van der Waals surface area contributed by atoms with Crippen molar-refractivity contribution >= 4 is 16.9 Å². The third-order valence-corrected chi connectivity index (χ3v) is 3.50. The molecule has 0 bridgehead atoms. The van der Waals surface area contributed by atoms with Gasteiger partial charge in [0.15, 0.2) is 0 Å². The van der Waals surface area contributed by atoms with Gasteiger partial charge < -0.3 is 10.1 Å². The van der Waals surface area contributed by atoms with Gasteiger partial charge in [-0.3, -0.25) is 9.36 Å². The van der Waals surface area contributed by atoms with E-state index in [2.05, 4.69) is 20.0 Å². The number of carbonyl (C=O) groups excluding carboxylic acids is 1. The van der Waals surface area contributed by atoms with Gasteiger partial charge in [-0.15, -0.1) is 0 Å². The first-order chi connectivity index (χ1) is 12.4. The molecule has 0 unspecified atom stereocenters. The number of amides is 1. The molecular weight excluding hydrogens is 349 g/mol. The number of carbonyl (C=O) groups is 1. The standard InChI is InChI=1S/C17H15F3N4O2/c18-17(19,20)10-26-9-16(25)22-8-12-5-6-15(21-7-12)24-11-23-13-3-1-2-4-14(13)24/h1-7,11H,8-10H2,(H,22,25). The number of rotatable bonds is 6. The molecule has 0 radical (unpaired) electrons. The van der Waals surface area contributed by atoms with Gasteiger partial charge in [0, 0.05) is 12.7 Å². The molecule has 0 atom stereocenters. The SMILES string of the molecule is O=C(COCC(F)(F)F)NCc1ccc(-n2cnc3ccccc32)nc1. The topological polar surface area (TPSA) is 69.0 Å². The lowest BCUT2D eigenvalue weighted by Gasteiger charge is -2.09. The Morgan fingerprint density at radius 2 is 1.96 bits per heavy atom. The molecular formula is C17H15F3N4O2. The van der Waals surface area contributed by atoms with Gasteiger partial charge >= 0.3 is 6.18 Å². The van der Waals surface area contributed by atoms with Crippen LogP contribution in [-0.4, -0.2) is 39.8 Å². The van der Waals surface area contributed by atoms with E-state index in [1.165, 1.54) is 0 Å². The number of pyridine rings is 1. The third-order valence-electron chi connectivity index (χ3n) is 3.50. The predicted molar refractivity (Wildman–Crippen MR) is 87.6 cm³/mol. The summed E-state index contributed by atoms with van der Waals surface area (Å²) >= 11 is 0. The zero-order valence-corrected chi connectivity index (χ0v) is 13.5. The molecule has 0 spiro atoms. The van der Waals surface area contributed by atoms with Crippen LogP contribution in [0.2, 0.25) is 0 Å². The minimum Gasteiger partial charge on any atom is -0.362 e. The predicted octanol–water partition coefficient (Wildman–Crippen LogP) is 2.62. The second kappa shape index (κ2) is 7.52. The Balaban J connectivity index is 1.56. The number of imidazole rings is 1. The molecule has 0 aliphatic heterocycles. The molecule has 136 valence electrons. The van der Waals surface area contributed by atoms with Gasteiger partial charge in [-0.1, -0.05) is 18.2 Å². The number of fused-ring (bicyclic) bond motifs is 1. The minimum absolute atomic E-state index is 0.145. The lowest BCUT2D eigenvalue weighted by atomic mass is 10.2. The van der Waals surface area contributed by atoms with Gasteiger partial charge in [0.1, 0.15) is 25.4 Å². The fourth-order valence-electron chi connectivity index (χ4n) is 2.32. The maximum absolute atomic E-state index is 11.9. The Bertz CT molecular complexity index is 891. The van der Waals surface area contributed by atoms with Crippen molar-refractivity contribution in [3.8, 4) is 5.82 Å². The van der Waals surface area contributed by atoms with Crippen molar-refractivity contribution < 1.29 is 22.7 Å². The number of nitrogens with zero attached hydrogens (tertiary/aromatic N) is 3. The fourth-order valence-corrected chi connectivity index (χ4v) is 2.32. The molecule has 3 aromatic rings. The van der Waals surface area contributed by atoms with Crippen LogP contribution in [0.25, 0.3) is 16.9 Å². The number of hydrogen-bond donors (Lipinski definition) is 1. The molecule has 2 heterocycles. The summed E-state index contributed by atoms with van der Waals surface area (Å²) in [5.74, 6) is 0.0428. The molecule has 1 N–H and O–H groups in total. The van der Waals surface area contributed by atoms with Crippen molar-refractivity contribution in [1.29, 1.82) is 0 Å². The van der Waals surface area contributed by atoms with E-state index in [1.807, 2.05) is 28.8 Å². The maximum Gasteiger partial charge on any atom is 0.411 e. The van der Waals surface area contributed by atoms with Crippen molar-refractivity contribution in [3.63, 3.8) is 0 Å². The second-order valence-electron chi connectivity index (χ2n) is 5.51. The Hall–Kier alpha value is -2.94. The highest BCUT2D eigenvalue weighted by atomic mass is 19.4. The van der Waals surface area contributed by atoms with Crippen LogP contribution in [-0.2, 0) is 16.1 Å². The first-order valence-electron chi connectivity index (χ1n) is 7.71. The Kier molecular flexibility index (Phi) is 5.17. The molecule has 0 aliphatic rings. The first kappa shape index (κ1) is 17.9. The number of nitrogens with one attached hydrogen (secondary N) is 1. The van der Waals surface area contributed by atoms with E-state index in [0.717, 1.165) is 11.0 Å². The second-order valence-corrected chi connectivity index (χ2v) is 5.51. The number of para-hydroxylation sites is 2. The van der Waals surface area contributed by atoms with E-state index in [0.29, 0.717) is 11.4 Å². The lowest BCUT2D eigenvalue weighted by Crippen LogP contribution is -2.29. The lowest BCUT2D eigenvalue weighted by molar-refractivity contribution is -0.175. The van der Waals surface area contributed by atoms with Gasteiger partial charge in [0.25, 0.3) is 0 Å². The van der Waals surface area contributed by atoms with E-state index in [4.69, 9.17) is 0 Å². The van der Waals surface area contributed by atoms with Crippen LogP contribution in [0.1, 0.15) is 5.56 Å². The van der Waals surface area contributed by atoms with Crippen molar-refractivity contribution in [3.05, 3.63) is 54.5 Å². The normalized spacial score (nSPS) is 11.7. The van der Waals surface area contributed by atoms with Gasteiger partial charge in [-0.25, -0.2) is 9.97 Å². The Morgan fingerprint density at radius 1 is 1.15 bits per heavy atom. The van der Waals surface area contributed by atoms with Crippen LogP contribution < -0.4 is 5.32 Å². The highest BCUT2D eigenvalue weighted by molar-refractivity contribution is 5.77. The van der Waals surface area contributed by atoms with Crippen LogP contribution in [0, 0.1) is 0 Å². The van der Waals surface area contributed by atoms with E-state index in [9.17, 15) is 18.0 Å². The largest absolute Gasteiger partial charge is 0.411 e. The molecule has 1 amide bonds. The number of ether oxygens (including phenoxy) is 1. The summed E-state index contributed by atoms with van der Waals surface area (Å²) in [5, 5.41) is 2.48. The molecule has 2 aromatic heterocycles. The van der Waals surface area contributed by atoms with Crippen molar-refractivity contribution in [2.75, 3.05) is 13.2 Å². The summed E-state index contributed by atoms with van der Waals surface area (Å²) < 4.78 is 41.9. The quantitative estimate of drug-likeness (QED) is 0.730. The first-order valence-corrected chi connectivity index (χ1v) is 7.71. The maximum atomic E-state index is 11.9. The number of hydrogen-bond acceptors (Lipinski definition) is 4. The molecule has 0 saturated carbocycles. The van der Waals surface area contributed by atoms with E-state index >= 15 is 0 Å². The highest BCUT2D eigenvalue weighted by Gasteiger charge is 2.27. The Morgan fingerprint density at radius 3 is 2.69 bits per heavy atom. The molecule has 6 nitrogen and oxygen atoms in total. The molecule has 0 saturated heterocycles. The summed E-state index contributed by atoms with van der Waals surface area (Å²) in [6, 6.07) is 11.2. The number of alkyl halides is 3. The molecule has 26 heavy (non-hydrogen) atoms. The van der Waals surface area contributed by atoms with Gasteiger partial charge in [-0.2, -0.15) is 13.2 Å². The average molecular weight is 364 g/mol. The van der Waals surface area contributed by atoms with Crippen LogP contribution in [0.5, 0.6) is 0 Å². The minimum atomic E-state index is -4.45. The summed E-state index contributed by atoms with van der Waals surface area (Å²) in [6.45, 7) is -1.95. The number of benzene rings is 1. The van der Waals surface area contributed by atoms with Crippen LogP contribution in [0.3, 0.4) is 0 Å². The summed E-state index contributed by atoms with van der Waals surface area (Å²) in [5.41, 5.74) is 2.48. The van der Waals surface area contributed by atoms with E-state index in [1.54, 1.807) is 24.7 Å². The molecule has 3 rings (SSSR count). The van der Waals surface area contributed by atoms with E-state index < -0.39 is 25.3 Å². The monoisotopic (exact) mass is 364 g/mol. The van der Waals surface area contributed by atoms with Crippen molar-refractivity contribution in [2.24, 2.45) is 0 Å². The zero-order chi connectivity index (χ0) is 18.6. The number of aromatic nitrogens is 3. The summed E-state index contributed by atoms with van der Waals surface area (Å²) in [4.78, 5) is 20.1. The molecule has 1 aromatic carbocycles. The average Bonchev–Trinajstić information content (AvgIpc) is 3.03. The fraction of sp³-hybridized carbons (Fsp3) is 0.235. The van der Waals surface area contributed by atoms with E-state index in [-0.39, 0.29) is 6.54 Å². The molecule has 0 aliphatic carbocycles. The number of halogens is 3. The van der Waals surface area contributed by atoms with Crippen LogP contribution >= 0.6 is 0 Å². The van der Waals surface area contributed by atoms with Gasteiger partial charge in [-0.05, 0) is 23.8 Å². The summed E-state index contributed by atoms with van der Waals surface area (Å²) in [6.07, 6.45) is -1.19. The van der Waals surface area contributed by atoms with Crippen molar-refractivity contribution in [2.45, 2.75) is 12.7 Å². The van der Waals surface area contributed by atoms with Gasteiger partial charge in [0.2, 0.25) is 5.91 Å². The van der Waals surface area contributed by atoms with Crippen LogP contribution in [0.4, 0.5) is 13.2 Å². The smallest absolute Gasteiger partial charge is 0.362 e. The Labute approximate surface area is 146 Å². The van der Waals surface area contributed by atoms with Gasteiger partial charge in [0.05, 0.1) is 11.0 Å². The van der Waals surface area contributed by atoms with Crippen molar-refractivity contribution in [1.82, 2.24) is 19.9 Å². The highest BCUT2D eigenvalue weighted by Crippen LogP contribution is 2.16. The summed E-state index contributed by atoms with van der Waals surface area (Å²) in [7, 11) is 0.